The van der Waals surface area contributed by atoms with Crippen LogP contribution in [-0.2, 0) is 6.18 Å². The summed E-state index contributed by atoms with van der Waals surface area (Å²) < 4.78 is 39.2. The molecule has 1 aromatic carbocycles. The van der Waals surface area contributed by atoms with E-state index in [9.17, 15) is 18.0 Å². The predicted octanol–water partition coefficient (Wildman–Crippen LogP) is 3.60. The molecule has 0 spiro atoms. The van der Waals surface area contributed by atoms with E-state index in [0.29, 0.717) is 25.3 Å². The highest BCUT2D eigenvalue weighted by molar-refractivity contribution is 5.95. The summed E-state index contributed by atoms with van der Waals surface area (Å²) in [7, 11) is 0. The molecule has 134 valence electrons. The van der Waals surface area contributed by atoms with Gasteiger partial charge in [-0.1, -0.05) is 19.9 Å². The van der Waals surface area contributed by atoms with Crippen LogP contribution in [0.1, 0.15) is 25.0 Å². The Hall–Kier alpha value is -1.76. The van der Waals surface area contributed by atoms with Gasteiger partial charge in [-0.25, -0.2) is 4.79 Å². The van der Waals surface area contributed by atoms with Crippen LogP contribution in [0, 0.1) is 6.92 Å². The maximum atomic E-state index is 13.1. The van der Waals surface area contributed by atoms with Crippen LogP contribution in [-0.4, -0.2) is 55.1 Å². The smallest absolute Gasteiger partial charge is 0.321 e. The molecule has 0 atom stereocenters. The van der Waals surface area contributed by atoms with Crippen LogP contribution >= 0.6 is 0 Å². The van der Waals surface area contributed by atoms with Crippen molar-refractivity contribution in [2.24, 2.45) is 0 Å². The number of benzene rings is 1. The van der Waals surface area contributed by atoms with Crippen molar-refractivity contribution in [2.75, 3.05) is 44.2 Å². The summed E-state index contributed by atoms with van der Waals surface area (Å²) in [5.74, 6) is 0. The zero-order valence-corrected chi connectivity index (χ0v) is 14.4. The summed E-state index contributed by atoms with van der Waals surface area (Å²) in [5.41, 5.74) is -0.238. The molecule has 1 fully saturated rings. The molecule has 1 aliphatic rings. The lowest BCUT2D eigenvalue weighted by molar-refractivity contribution is -0.138. The topological polar surface area (TPSA) is 26.8 Å². The number of rotatable bonds is 6. The van der Waals surface area contributed by atoms with Gasteiger partial charge in [0.15, 0.2) is 0 Å². The van der Waals surface area contributed by atoms with E-state index in [2.05, 4.69) is 18.7 Å². The van der Waals surface area contributed by atoms with Crippen molar-refractivity contribution < 1.29 is 18.0 Å². The molecule has 24 heavy (non-hydrogen) atoms. The Kier molecular flexibility index (Phi) is 5.74. The molecule has 0 aliphatic carbocycles. The maximum absolute atomic E-state index is 13.1. The molecule has 0 unspecified atom stereocenters. The molecular formula is C17H24F3N3O. The summed E-state index contributed by atoms with van der Waals surface area (Å²) >= 11 is 0. The minimum atomic E-state index is -4.41. The number of carbonyl (C=O) groups excluding carboxylic acids is 1. The molecule has 1 aromatic rings. The summed E-state index contributed by atoms with van der Waals surface area (Å²) in [6.07, 6.45) is -4.41. The van der Waals surface area contributed by atoms with Crippen LogP contribution in [0.4, 0.5) is 23.7 Å². The van der Waals surface area contributed by atoms with E-state index in [1.807, 2.05) is 0 Å². The number of amides is 2. The first-order valence-electron chi connectivity index (χ1n) is 8.25. The standard InChI is InChI=1S/C17H24F3N3O/c1-4-21(5-2)9-10-22-11-12-23(16(22)24)15-8-6-7-14(13(15)3)17(18,19)20/h6-8H,4-5,9-12H2,1-3H3. The second-order valence-corrected chi connectivity index (χ2v) is 5.90. The molecule has 0 aromatic heterocycles. The van der Waals surface area contributed by atoms with Gasteiger partial charge in [0.2, 0.25) is 0 Å². The third-order valence-electron chi connectivity index (χ3n) is 4.58. The van der Waals surface area contributed by atoms with Crippen molar-refractivity contribution in [3.05, 3.63) is 29.3 Å². The molecule has 0 radical (unpaired) electrons. The fraction of sp³-hybridized carbons (Fsp3) is 0.588. The molecular weight excluding hydrogens is 319 g/mol. The lowest BCUT2D eigenvalue weighted by Crippen LogP contribution is -2.38. The van der Waals surface area contributed by atoms with Crippen molar-refractivity contribution in [3.8, 4) is 0 Å². The van der Waals surface area contributed by atoms with Crippen LogP contribution in [0.3, 0.4) is 0 Å². The first kappa shape index (κ1) is 18.6. The predicted molar refractivity (Wildman–Crippen MR) is 88.3 cm³/mol. The summed E-state index contributed by atoms with van der Waals surface area (Å²) in [6.45, 7) is 9.69. The number of hydrogen-bond acceptors (Lipinski definition) is 2. The van der Waals surface area contributed by atoms with Gasteiger partial charge in [0.05, 0.1) is 5.56 Å². The second kappa shape index (κ2) is 7.42. The fourth-order valence-electron chi connectivity index (χ4n) is 3.04. The normalized spacial score (nSPS) is 15.7. The van der Waals surface area contributed by atoms with Gasteiger partial charge in [0.1, 0.15) is 0 Å². The van der Waals surface area contributed by atoms with Gasteiger partial charge < -0.3 is 9.80 Å². The minimum absolute atomic E-state index is 0.101. The number of halogens is 3. The average Bonchev–Trinajstić information content (AvgIpc) is 2.88. The Morgan fingerprint density at radius 3 is 2.42 bits per heavy atom. The Labute approximate surface area is 140 Å². The molecule has 0 N–H and O–H groups in total. The third-order valence-corrected chi connectivity index (χ3v) is 4.58. The Morgan fingerprint density at radius 1 is 1.17 bits per heavy atom. The number of alkyl halides is 3. The molecule has 7 heteroatoms. The highest BCUT2D eigenvalue weighted by Gasteiger charge is 2.36. The number of anilines is 1. The Balaban J connectivity index is 2.13. The largest absolute Gasteiger partial charge is 0.416 e. The highest BCUT2D eigenvalue weighted by Crippen LogP contribution is 2.36. The van der Waals surface area contributed by atoms with Gasteiger partial charge in [-0.15, -0.1) is 0 Å². The Bertz CT molecular complexity index is 585. The van der Waals surface area contributed by atoms with Crippen molar-refractivity contribution in [1.29, 1.82) is 0 Å². The van der Waals surface area contributed by atoms with Crippen LogP contribution < -0.4 is 4.90 Å². The van der Waals surface area contributed by atoms with E-state index in [1.165, 1.54) is 17.9 Å². The zero-order chi connectivity index (χ0) is 17.9. The van der Waals surface area contributed by atoms with E-state index >= 15 is 0 Å². The Morgan fingerprint density at radius 2 is 1.83 bits per heavy atom. The van der Waals surface area contributed by atoms with Gasteiger partial charge in [-0.05, 0) is 37.7 Å². The average molecular weight is 343 g/mol. The van der Waals surface area contributed by atoms with E-state index in [-0.39, 0.29) is 11.6 Å². The number of carbonyl (C=O) groups is 1. The number of hydrogen-bond donors (Lipinski definition) is 0. The SMILES string of the molecule is CCN(CC)CCN1CCN(c2cccc(C(F)(F)F)c2C)C1=O. The molecule has 4 nitrogen and oxygen atoms in total. The van der Waals surface area contributed by atoms with Gasteiger partial charge >= 0.3 is 12.2 Å². The van der Waals surface area contributed by atoms with Gasteiger partial charge in [-0.3, -0.25) is 4.90 Å². The van der Waals surface area contributed by atoms with Crippen molar-refractivity contribution in [2.45, 2.75) is 26.9 Å². The van der Waals surface area contributed by atoms with Gasteiger partial charge in [0, 0.05) is 31.9 Å². The minimum Gasteiger partial charge on any atom is -0.321 e. The van der Waals surface area contributed by atoms with Crippen molar-refractivity contribution in [3.63, 3.8) is 0 Å². The third kappa shape index (κ3) is 3.83. The van der Waals surface area contributed by atoms with Gasteiger partial charge in [-0.2, -0.15) is 13.2 Å². The maximum Gasteiger partial charge on any atom is 0.416 e. The molecule has 1 aliphatic heterocycles. The molecule has 1 heterocycles. The van der Waals surface area contributed by atoms with Crippen molar-refractivity contribution >= 4 is 11.7 Å². The van der Waals surface area contributed by atoms with Crippen LogP contribution in [0.15, 0.2) is 18.2 Å². The molecule has 0 saturated carbocycles. The lowest BCUT2D eigenvalue weighted by Gasteiger charge is -2.24. The van der Waals surface area contributed by atoms with Gasteiger partial charge in [0.25, 0.3) is 0 Å². The number of nitrogens with zero attached hydrogens (tertiary/aromatic N) is 3. The van der Waals surface area contributed by atoms with E-state index in [4.69, 9.17) is 0 Å². The zero-order valence-electron chi connectivity index (χ0n) is 14.4. The van der Waals surface area contributed by atoms with Crippen LogP contribution in [0.25, 0.3) is 0 Å². The number of likely N-dealkylation sites (N-methyl/N-ethyl adjacent to an activating group) is 1. The highest BCUT2D eigenvalue weighted by atomic mass is 19.4. The fourth-order valence-corrected chi connectivity index (χ4v) is 3.04. The lowest BCUT2D eigenvalue weighted by atomic mass is 10.1. The first-order chi connectivity index (χ1) is 11.3. The van der Waals surface area contributed by atoms with E-state index in [0.717, 1.165) is 25.7 Å². The quantitative estimate of drug-likeness (QED) is 0.789. The van der Waals surface area contributed by atoms with E-state index < -0.39 is 11.7 Å². The summed E-state index contributed by atoms with van der Waals surface area (Å²) in [6, 6.07) is 3.77. The monoisotopic (exact) mass is 343 g/mol. The second-order valence-electron chi connectivity index (χ2n) is 5.90. The molecule has 0 bridgehead atoms. The summed E-state index contributed by atoms with van der Waals surface area (Å²) in [4.78, 5) is 17.9. The molecule has 1 saturated heterocycles. The molecule has 2 amide bonds. The first-order valence-corrected chi connectivity index (χ1v) is 8.25. The van der Waals surface area contributed by atoms with Crippen molar-refractivity contribution in [1.82, 2.24) is 9.80 Å². The van der Waals surface area contributed by atoms with Crippen LogP contribution in [0.5, 0.6) is 0 Å². The van der Waals surface area contributed by atoms with E-state index in [1.54, 1.807) is 11.0 Å². The number of urea groups is 1. The van der Waals surface area contributed by atoms with Crippen LogP contribution in [0.2, 0.25) is 0 Å². The summed E-state index contributed by atoms with van der Waals surface area (Å²) in [5, 5.41) is 0. The molecule has 2 rings (SSSR count).